The molecule has 0 bridgehead atoms. The molecular formula is C16H17NO2. The number of ether oxygens (including phenoxy) is 1. The minimum atomic E-state index is -0.00927. The molecule has 0 heterocycles. The highest BCUT2D eigenvalue weighted by Gasteiger charge is 2.08. The third-order valence-electron chi connectivity index (χ3n) is 2.98. The Balaban J connectivity index is 2.33. The van der Waals surface area contributed by atoms with Crippen LogP contribution >= 0.6 is 0 Å². The average molecular weight is 255 g/mol. The van der Waals surface area contributed by atoms with Gasteiger partial charge in [0.25, 0.3) is 0 Å². The maximum absolute atomic E-state index is 11.3. The summed E-state index contributed by atoms with van der Waals surface area (Å²) in [6.45, 7) is 5.50. The number of nitrogen functional groups attached to an aromatic ring is 1. The fourth-order valence-corrected chi connectivity index (χ4v) is 1.80. The molecular weight excluding hydrogens is 238 g/mol. The summed E-state index contributed by atoms with van der Waals surface area (Å²) in [4.78, 5) is 11.3. The lowest BCUT2D eigenvalue weighted by Gasteiger charge is -2.12. The predicted octanol–water partition coefficient (Wildman–Crippen LogP) is 3.88. The van der Waals surface area contributed by atoms with E-state index < -0.39 is 0 Å². The van der Waals surface area contributed by atoms with E-state index in [2.05, 4.69) is 0 Å². The van der Waals surface area contributed by atoms with Crippen LogP contribution in [0, 0.1) is 13.8 Å². The number of nitrogens with two attached hydrogens (primary N) is 1. The van der Waals surface area contributed by atoms with Crippen molar-refractivity contribution >= 4 is 11.5 Å². The van der Waals surface area contributed by atoms with Gasteiger partial charge in [-0.3, -0.25) is 4.79 Å². The molecule has 2 aromatic rings. The van der Waals surface area contributed by atoms with Crippen LogP contribution in [-0.2, 0) is 0 Å². The van der Waals surface area contributed by atoms with E-state index in [0.717, 1.165) is 16.9 Å². The van der Waals surface area contributed by atoms with Gasteiger partial charge >= 0.3 is 0 Å². The summed E-state index contributed by atoms with van der Waals surface area (Å²) < 4.78 is 5.82. The number of benzene rings is 2. The highest BCUT2D eigenvalue weighted by atomic mass is 16.5. The van der Waals surface area contributed by atoms with E-state index in [4.69, 9.17) is 10.5 Å². The zero-order valence-corrected chi connectivity index (χ0v) is 11.4. The van der Waals surface area contributed by atoms with E-state index in [1.54, 1.807) is 18.2 Å². The first kappa shape index (κ1) is 13.1. The molecule has 0 spiro atoms. The molecule has 0 aromatic heterocycles. The second-order valence-electron chi connectivity index (χ2n) is 4.68. The lowest BCUT2D eigenvalue weighted by Crippen LogP contribution is -1.98. The van der Waals surface area contributed by atoms with E-state index >= 15 is 0 Å². The van der Waals surface area contributed by atoms with Crippen LogP contribution in [0.4, 0.5) is 5.69 Å². The van der Waals surface area contributed by atoms with Crippen molar-refractivity contribution in [1.29, 1.82) is 0 Å². The molecule has 0 amide bonds. The van der Waals surface area contributed by atoms with Crippen LogP contribution in [0.15, 0.2) is 36.4 Å². The standard InChI is InChI=1S/C16H17NO2/c1-10-4-5-11(2)16(8-10)19-15-7-6-13(12(3)18)9-14(15)17/h4-9H,17H2,1-3H3. The van der Waals surface area contributed by atoms with E-state index in [0.29, 0.717) is 17.0 Å². The Hall–Kier alpha value is -2.29. The van der Waals surface area contributed by atoms with Crippen LogP contribution in [-0.4, -0.2) is 5.78 Å². The summed E-state index contributed by atoms with van der Waals surface area (Å²) in [5, 5.41) is 0. The van der Waals surface area contributed by atoms with Crippen molar-refractivity contribution in [2.24, 2.45) is 0 Å². The smallest absolute Gasteiger partial charge is 0.159 e. The fourth-order valence-electron chi connectivity index (χ4n) is 1.80. The molecule has 2 N–H and O–H groups in total. The summed E-state index contributed by atoms with van der Waals surface area (Å²) in [6, 6.07) is 11.1. The molecule has 0 atom stereocenters. The maximum atomic E-state index is 11.3. The van der Waals surface area contributed by atoms with E-state index in [-0.39, 0.29) is 5.78 Å². The molecule has 0 saturated heterocycles. The Morgan fingerprint density at radius 1 is 1.05 bits per heavy atom. The van der Waals surface area contributed by atoms with Gasteiger partial charge in [-0.15, -0.1) is 0 Å². The van der Waals surface area contributed by atoms with Crippen LogP contribution in [0.1, 0.15) is 28.4 Å². The highest BCUT2D eigenvalue weighted by molar-refractivity contribution is 5.95. The van der Waals surface area contributed by atoms with Crippen molar-refractivity contribution in [1.82, 2.24) is 0 Å². The number of aryl methyl sites for hydroxylation is 2. The molecule has 3 nitrogen and oxygen atoms in total. The van der Waals surface area contributed by atoms with Crippen molar-refractivity contribution in [2.45, 2.75) is 20.8 Å². The molecule has 2 rings (SSSR count). The van der Waals surface area contributed by atoms with E-state index in [9.17, 15) is 4.79 Å². The van der Waals surface area contributed by atoms with Gasteiger partial charge in [0, 0.05) is 5.56 Å². The number of hydrogen-bond donors (Lipinski definition) is 1. The first-order valence-corrected chi connectivity index (χ1v) is 6.13. The molecule has 2 aromatic carbocycles. The monoisotopic (exact) mass is 255 g/mol. The summed E-state index contributed by atoms with van der Waals surface area (Å²) >= 11 is 0. The van der Waals surface area contributed by atoms with Gasteiger partial charge in [0.15, 0.2) is 5.78 Å². The van der Waals surface area contributed by atoms with Gasteiger partial charge in [-0.2, -0.15) is 0 Å². The van der Waals surface area contributed by atoms with Gasteiger partial charge in [-0.1, -0.05) is 12.1 Å². The minimum Gasteiger partial charge on any atom is -0.455 e. The molecule has 0 fully saturated rings. The lowest BCUT2D eigenvalue weighted by molar-refractivity contribution is 0.101. The maximum Gasteiger partial charge on any atom is 0.159 e. The van der Waals surface area contributed by atoms with Crippen LogP contribution in [0.3, 0.4) is 0 Å². The molecule has 3 heteroatoms. The predicted molar refractivity (Wildman–Crippen MR) is 76.8 cm³/mol. The van der Waals surface area contributed by atoms with Crippen molar-refractivity contribution in [3.63, 3.8) is 0 Å². The van der Waals surface area contributed by atoms with Crippen LogP contribution in [0.25, 0.3) is 0 Å². The van der Waals surface area contributed by atoms with Crippen LogP contribution in [0.5, 0.6) is 11.5 Å². The summed E-state index contributed by atoms with van der Waals surface area (Å²) in [7, 11) is 0. The number of anilines is 1. The Kier molecular flexibility index (Phi) is 3.56. The van der Waals surface area contributed by atoms with Gasteiger partial charge in [-0.25, -0.2) is 0 Å². The lowest BCUT2D eigenvalue weighted by atomic mass is 10.1. The molecule has 0 radical (unpaired) electrons. The molecule has 98 valence electrons. The van der Waals surface area contributed by atoms with Gasteiger partial charge in [0.05, 0.1) is 5.69 Å². The number of carbonyl (C=O) groups excluding carboxylic acids is 1. The van der Waals surface area contributed by atoms with Crippen LogP contribution < -0.4 is 10.5 Å². The normalized spacial score (nSPS) is 10.3. The minimum absolute atomic E-state index is 0.00927. The number of hydrogen-bond acceptors (Lipinski definition) is 3. The van der Waals surface area contributed by atoms with E-state index in [1.807, 2.05) is 32.0 Å². The first-order chi connectivity index (χ1) is 8.97. The van der Waals surface area contributed by atoms with Crippen molar-refractivity contribution < 1.29 is 9.53 Å². The summed E-state index contributed by atoms with van der Waals surface area (Å²) in [6.07, 6.45) is 0. The highest BCUT2D eigenvalue weighted by Crippen LogP contribution is 2.30. The number of carbonyl (C=O) groups is 1. The molecule has 0 aliphatic rings. The number of ketones is 1. The molecule has 19 heavy (non-hydrogen) atoms. The average Bonchev–Trinajstić information content (AvgIpc) is 2.36. The first-order valence-electron chi connectivity index (χ1n) is 6.13. The second-order valence-corrected chi connectivity index (χ2v) is 4.68. The Bertz CT molecular complexity index is 633. The van der Waals surface area contributed by atoms with Gasteiger partial charge in [0.2, 0.25) is 0 Å². The van der Waals surface area contributed by atoms with Crippen LogP contribution in [0.2, 0.25) is 0 Å². The summed E-state index contributed by atoms with van der Waals surface area (Å²) in [5.74, 6) is 1.34. The third-order valence-corrected chi connectivity index (χ3v) is 2.98. The molecule has 0 aliphatic carbocycles. The number of rotatable bonds is 3. The molecule has 0 aliphatic heterocycles. The van der Waals surface area contributed by atoms with Crippen molar-refractivity contribution in [3.8, 4) is 11.5 Å². The van der Waals surface area contributed by atoms with Gasteiger partial charge in [0.1, 0.15) is 11.5 Å². The van der Waals surface area contributed by atoms with Crippen molar-refractivity contribution in [2.75, 3.05) is 5.73 Å². The van der Waals surface area contributed by atoms with Crippen molar-refractivity contribution in [3.05, 3.63) is 53.1 Å². The molecule has 0 unspecified atom stereocenters. The zero-order chi connectivity index (χ0) is 14.0. The fraction of sp³-hybridized carbons (Fsp3) is 0.188. The topological polar surface area (TPSA) is 52.3 Å². The largest absolute Gasteiger partial charge is 0.455 e. The summed E-state index contributed by atoms with van der Waals surface area (Å²) in [5.41, 5.74) is 9.14. The van der Waals surface area contributed by atoms with Gasteiger partial charge < -0.3 is 10.5 Å². The third kappa shape index (κ3) is 2.94. The SMILES string of the molecule is CC(=O)c1ccc(Oc2cc(C)ccc2C)c(N)c1. The number of Topliss-reactive ketones (excluding diaryl/α,β-unsaturated/α-hetero) is 1. The Labute approximate surface area is 113 Å². The van der Waals surface area contributed by atoms with Gasteiger partial charge in [-0.05, 0) is 56.2 Å². The quantitative estimate of drug-likeness (QED) is 0.669. The molecule has 0 saturated carbocycles. The van der Waals surface area contributed by atoms with E-state index in [1.165, 1.54) is 6.92 Å². The zero-order valence-electron chi connectivity index (χ0n) is 11.4. The second kappa shape index (κ2) is 5.14. The Morgan fingerprint density at radius 3 is 2.42 bits per heavy atom. The Morgan fingerprint density at radius 2 is 1.79 bits per heavy atom.